The summed E-state index contributed by atoms with van der Waals surface area (Å²) < 4.78 is 5.20. The third-order valence-electron chi connectivity index (χ3n) is 2.79. The maximum Gasteiger partial charge on any atom is 0.338 e. The fraction of sp³-hybridized carbons (Fsp3) is 0.125. The minimum absolute atomic E-state index is 0.168. The first-order valence-electron chi connectivity index (χ1n) is 6.17. The van der Waals surface area contributed by atoms with Gasteiger partial charge in [0.2, 0.25) is 0 Å². The molecule has 0 saturated heterocycles. The van der Waals surface area contributed by atoms with E-state index in [0.29, 0.717) is 11.1 Å². The SMILES string of the molecule is O=C(O)Cc1ccccc1C(=O)OCc1ccccc1. The molecule has 0 aliphatic rings. The van der Waals surface area contributed by atoms with Crippen LogP contribution in [0.4, 0.5) is 0 Å². The second kappa shape index (κ2) is 6.52. The third kappa shape index (κ3) is 3.68. The third-order valence-corrected chi connectivity index (χ3v) is 2.79. The van der Waals surface area contributed by atoms with Crippen LogP contribution in [0, 0.1) is 0 Å². The Morgan fingerprint density at radius 3 is 2.30 bits per heavy atom. The summed E-state index contributed by atoms with van der Waals surface area (Å²) in [6.45, 7) is 0.168. The van der Waals surface area contributed by atoms with Crippen LogP contribution in [-0.4, -0.2) is 17.0 Å². The van der Waals surface area contributed by atoms with Crippen molar-refractivity contribution in [1.29, 1.82) is 0 Å². The molecule has 4 heteroatoms. The first kappa shape index (κ1) is 13.8. The van der Waals surface area contributed by atoms with Gasteiger partial charge in [0.1, 0.15) is 6.61 Å². The second-order valence-electron chi connectivity index (χ2n) is 4.29. The molecule has 0 aliphatic carbocycles. The summed E-state index contributed by atoms with van der Waals surface area (Å²) >= 11 is 0. The van der Waals surface area contributed by atoms with Crippen LogP contribution in [0.1, 0.15) is 21.5 Å². The van der Waals surface area contributed by atoms with Crippen LogP contribution in [0.2, 0.25) is 0 Å². The molecule has 0 aliphatic heterocycles. The highest BCUT2D eigenvalue weighted by Crippen LogP contribution is 2.12. The normalized spacial score (nSPS) is 10.0. The molecular formula is C16H14O4. The molecule has 0 bridgehead atoms. The molecule has 2 aromatic rings. The molecule has 0 radical (unpaired) electrons. The molecule has 2 aromatic carbocycles. The maximum atomic E-state index is 12.0. The van der Waals surface area contributed by atoms with E-state index in [4.69, 9.17) is 9.84 Å². The average molecular weight is 270 g/mol. The van der Waals surface area contributed by atoms with E-state index >= 15 is 0 Å². The van der Waals surface area contributed by atoms with E-state index in [2.05, 4.69) is 0 Å². The summed E-state index contributed by atoms with van der Waals surface area (Å²) in [4.78, 5) is 22.8. The first-order chi connectivity index (χ1) is 9.66. The highest BCUT2D eigenvalue weighted by atomic mass is 16.5. The Labute approximate surface area is 116 Å². The van der Waals surface area contributed by atoms with Gasteiger partial charge in [0.15, 0.2) is 0 Å². The van der Waals surface area contributed by atoms with Gasteiger partial charge in [-0.2, -0.15) is 0 Å². The van der Waals surface area contributed by atoms with Gasteiger partial charge in [0.05, 0.1) is 12.0 Å². The predicted octanol–water partition coefficient (Wildman–Crippen LogP) is 2.67. The zero-order valence-electron chi connectivity index (χ0n) is 10.8. The summed E-state index contributed by atoms with van der Waals surface area (Å²) in [6.07, 6.45) is -0.198. The van der Waals surface area contributed by atoms with Crippen LogP contribution >= 0.6 is 0 Å². The van der Waals surface area contributed by atoms with Gasteiger partial charge in [-0.3, -0.25) is 4.79 Å². The molecule has 0 fully saturated rings. The van der Waals surface area contributed by atoms with E-state index in [1.165, 1.54) is 0 Å². The van der Waals surface area contributed by atoms with Crippen molar-refractivity contribution < 1.29 is 19.4 Å². The highest BCUT2D eigenvalue weighted by molar-refractivity contribution is 5.92. The number of ether oxygens (including phenoxy) is 1. The monoisotopic (exact) mass is 270 g/mol. The Kier molecular flexibility index (Phi) is 4.50. The van der Waals surface area contributed by atoms with Crippen molar-refractivity contribution in [3.63, 3.8) is 0 Å². The molecule has 102 valence electrons. The van der Waals surface area contributed by atoms with Gasteiger partial charge >= 0.3 is 11.9 Å². The lowest BCUT2D eigenvalue weighted by molar-refractivity contribution is -0.136. The average Bonchev–Trinajstić information content (AvgIpc) is 2.46. The zero-order valence-corrected chi connectivity index (χ0v) is 10.8. The van der Waals surface area contributed by atoms with E-state index in [-0.39, 0.29) is 13.0 Å². The number of carbonyl (C=O) groups is 2. The molecular weight excluding hydrogens is 256 g/mol. The second-order valence-corrected chi connectivity index (χ2v) is 4.29. The van der Waals surface area contributed by atoms with Crippen molar-refractivity contribution in [3.8, 4) is 0 Å². The number of hydrogen-bond acceptors (Lipinski definition) is 3. The number of rotatable bonds is 5. The Bertz CT molecular complexity index is 605. The van der Waals surface area contributed by atoms with Gasteiger partial charge in [0, 0.05) is 0 Å². The fourth-order valence-electron chi connectivity index (χ4n) is 1.84. The van der Waals surface area contributed by atoms with Crippen LogP contribution in [0.5, 0.6) is 0 Å². The largest absolute Gasteiger partial charge is 0.481 e. The first-order valence-corrected chi connectivity index (χ1v) is 6.17. The van der Waals surface area contributed by atoms with Crippen molar-refractivity contribution in [1.82, 2.24) is 0 Å². The Balaban J connectivity index is 2.07. The number of aliphatic carboxylic acids is 1. The number of benzene rings is 2. The predicted molar refractivity (Wildman–Crippen MR) is 73.3 cm³/mol. The van der Waals surface area contributed by atoms with Crippen LogP contribution in [0.15, 0.2) is 54.6 Å². The number of carbonyl (C=O) groups excluding carboxylic acids is 1. The summed E-state index contributed by atoms with van der Waals surface area (Å²) in [5.74, 6) is -1.49. The molecule has 0 heterocycles. The summed E-state index contributed by atoms with van der Waals surface area (Å²) in [5.41, 5.74) is 1.64. The molecule has 0 aromatic heterocycles. The molecule has 2 rings (SSSR count). The minimum Gasteiger partial charge on any atom is -0.481 e. The van der Waals surface area contributed by atoms with E-state index < -0.39 is 11.9 Å². The minimum atomic E-state index is -0.978. The molecule has 4 nitrogen and oxygen atoms in total. The van der Waals surface area contributed by atoms with Gasteiger partial charge in [-0.25, -0.2) is 4.79 Å². The molecule has 0 amide bonds. The smallest absolute Gasteiger partial charge is 0.338 e. The Hall–Kier alpha value is -2.62. The Morgan fingerprint density at radius 2 is 1.60 bits per heavy atom. The molecule has 0 spiro atoms. The molecule has 1 N–H and O–H groups in total. The van der Waals surface area contributed by atoms with Gasteiger partial charge in [0.25, 0.3) is 0 Å². The van der Waals surface area contributed by atoms with Crippen molar-refractivity contribution in [3.05, 3.63) is 71.3 Å². The lowest BCUT2D eigenvalue weighted by Gasteiger charge is -2.08. The van der Waals surface area contributed by atoms with Gasteiger partial charge in [-0.15, -0.1) is 0 Å². The summed E-state index contributed by atoms with van der Waals surface area (Å²) in [7, 11) is 0. The van der Waals surface area contributed by atoms with E-state index in [0.717, 1.165) is 5.56 Å². The molecule has 0 saturated carbocycles. The number of carboxylic acid groups (broad SMARTS) is 1. The van der Waals surface area contributed by atoms with Crippen LogP contribution < -0.4 is 0 Å². The van der Waals surface area contributed by atoms with Crippen molar-refractivity contribution in [2.24, 2.45) is 0 Å². The molecule has 0 unspecified atom stereocenters. The van der Waals surface area contributed by atoms with Gasteiger partial charge in [-0.1, -0.05) is 48.5 Å². The van der Waals surface area contributed by atoms with Gasteiger partial charge < -0.3 is 9.84 Å². The zero-order chi connectivity index (χ0) is 14.4. The van der Waals surface area contributed by atoms with Crippen LogP contribution in [0.3, 0.4) is 0 Å². The van der Waals surface area contributed by atoms with Crippen molar-refractivity contribution >= 4 is 11.9 Å². The Morgan fingerprint density at radius 1 is 0.950 bits per heavy atom. The molecule has 0 atom stereocenters. The van der Waals surface area contributed by atoms with Gasteiger partial charge in [-0.05, 0) is 17.2 Å². The number of carboxylic acids is 1. The molecule has 20 heavy (non-hydrogen) atoms. The number of hydrogen-bond donors (Lipinski definition) is 1. The summed E-state index contributed by atoms with van der Waals surface area (Å²) in [5, 5.41) is 8.83. The topological polar surface area (TPSA) is 63.6 Å². The van der Waals surface area contributed by atoms with Crippen molar-refractivity contribution in [2.75, 3.05) is 0 Å². The van der Waals surface area contributed by atoms with E-state index in [1.807, 2.05) is 30.3 Å². The fourth-order valence-corrected chi connectivity index (χ4v) is 1.84. The van der Waals surface area contributed by atoms with Crippen LogP contribution in [0.25, 0.3) is 0 Å². The van der Waals surface area contributed by atoms with E-state index in [1.54, 1.807) is 24.3 Å². The quantitative estimate of drug-likeness (QED) is 0.848. The highest BCUT2D eigenvalue weighted by Gasteiger charge is 2.14. The maximum absolute atomic E-state index is 12.0. The van der Waals surface area contributed by atoms with E-state index in [9.17, 15) is 9.59 Å². The standard InChI is InChI=1S/C16H14O4/c17-15(18)10-13-8-4-5-9-14(13)16(19)20-11-12-6-2-1-3-7-12/h1-9H,10-11H2,(H,17,18). The van der Waals surface area contributed by atoms with Crippen LogP contribution in [-0.2, 0) is 22.6 Å². The summed E-state index contributed by atoms with van der Waals surface area (Å²) in [6, 6.07) is 15.9. The lowest BCUT2D eigenvalue weighted by Crippen LogP contribution is -2.11. The lowest BCUT2D eigenvalue weighted by atomic mass is 10.0. The number of esters is 1. The van der Waals surface area contributed by atoms with Crippen molar-refractivity contribution in [2.45, 2.75) is 13.0 Å².